The lowest BCUT2D eigenvalue weighted by molar-refractivity contribution is 0.101. The molecule has 2 aliphatic heterocycles. The van der Waals surface area contributed by atoms with Crippen LogP contribution in [0.4, 0.5) is 11.4 Å². The van der Waals surface area contributed by atoms with Crippen LogP contribution < -0.4 is 10.2 Å². The number of rotatable bonds is 5. The molecule has 1 aromatic carbocycles. The fourth-order valence-corrected chi connectivity index (χ4v) is 6.12. The minimum absolute atomic E-state index is 0.157. The zero-order chi connectivity index (χ0) is 22.0. The second kappa shape index (κ2) is 9.22. The average Bonchev–Trinajstić information content (AvgIpc) is 3.18. The third-order valence-electron chi connectivity index (χ3n) is 6.07. The maximum Gasteiger partial charge on any atom is 0.272 e. The molecule has 9 heteroatoms. The van der Waals surface area contributed by atoms with E-state index in [1.165, 1.54) is 23.0 Å². The number of anilines is 2. The minimum atomic E-state index is -3.60. The van der Waals surface area contributed by atoms with Gasteiger partial charge in [-0.3, -0.25) is 4.79 Å². The first kappa shape index (κ1) is 22.2. The molecule has 0 atom stereocenters. The smallest absolute Gasteiger partial charge is 0.272 e. The molecule has 3 heterocycles. The molecule has 4 rings (SSSR count). The monoisotopic (exact) mass is 464 g/mol. The Hall–Kier alpha value is -2.03. The standard InChI is InChI=1S/C22H29ClN4O3S/c1-25-16-18(31(29,30)27-12-6-3-7-13-27)15-21(25)22(28)24-19-14-17(23)8-9-20(19)26-10-4-2-5-11-26/h8-9,14-16H,2-7,10-13H2,1H3,(H,24,28). The number of benzene rings is 1. The highest BCUT2D eigenvalue weighted by Gasteiger charge is 2.28. The molecule has 0 bridgehead atoms. The van der Waals surface area contributed by atoms with Crippen molar-refractivity contribution in [3.8, 4) is 0 Å². The lowest BCUT2D eigenvalue weighted by atomic mass is 10.1. The van der Waals surface area contributed by atoms with Gasteiger partial charge in [-0.25, -0.2) is 8.42 Å². The lowest BCUT2D eigenvalue weighted by Crippen LogP contribution is -2.35. The van der Waals surface area contributed by atoms with Gasteiger partial charge < -0.3 is 14.8 Å². The molecule has 0 aliphatic carbocycles. The van der Waals surface area contributed by atoms with E-state index < -0.39 is 10.0 Å². The number of hydrogen-bond donors (Lipinski definition) is 1. The zero-order valence-electron chi connectivity index (χ0n) is 17.8. The number of aryl methyl sites for hydroxylation is 1. The van der Waals surface area contributed by atoms with E-state index in [1.807, 2.05) is 12.1 Å². The molecular weight excluding hydrogens is 436 g/mol. The predicted molar refractivity (Wildman–Crippen MR) is 123 cm³/mol. The number of halogens is 1. The van der Waals surface area contributed by atoms with Crippen molar-refractivity contribution >= 4 is 38.9 Å². The van der Waals surface area contributed by atoms with Gasteiger partial charge in [0.25, 0.3) is 5.91 Å². The van der Waals surface area contributed by atoms with Gasteiger partial charge in [0.05, 0.1) is 11.4 Å². The minimum Gasteiger partial charge on any atom is -0.370 e. The Morgan fingerprint density at radius 1 is 0.968 bits per heavy atom. The Balaban J connectivity index is 1.58. The van der Waals surface area contributed by atoms with Crippen LogP contribution in [0.1, 0.15) is 49.0 Å². The van der Waals surface area contributed by atoms with E-state index in [-0.39, 0.29) is 10.8 Å². The Labute approximate surface area is 189 Å². The van der Waals surface area contributed by atoms with Crippen LogP contribution in [-0.2, 0) is 17.1 Å². The highest BCUT2D eigenvalue weighted by molar-refractivity contribution is 7.89. The summed E-state index contributed by atoms with van der Waals surface area (Å²) in [6, 6.07) is 6.97. The quantitative estimate of drug-likeness (QED) is 0.723. The summed E-state index contributed by atoms with van der Waals surface area (Å²) in [4.78, 5) is 15.5. The van der Waals surface area contributed by atoms with Gasteiger partial charge in [0, 0.05) is 44.4 Å². The molecular formula is C22H29ClN4O3S. The normalized spacial score (nSPS) is 18.2. The fourth-order valence-electron chi connectivity index (χ4n) is 4.36. The molecule has 2 aliphatic rings. The van der Waals surface area contributed by atoms with E-state index in [0.29, 0.717) is 29.5 Å². The molecule has 0 spiro atoms. The van der Waals surface area contributed by atoms with E-state index in [0.717, 1.165) is 50.9 Å². The number of nitrogens with one attached hydrogen (secondary N) is 1. The van der Waals surface area contributed by atoms with Crippen molar-refractivity contribution in [2.45, 2.75) is 43.4 Å². The van der Waals surface area contributed by atoms with Crippen LogP contribution in [0.25, 0.3) is 0 Å². The zero-order valence-corrected chi connectivity index (χ0v) is 19.4. The van der Waals surface area contributed by atoms with Gasteiger partial charge in [-0.1, -0.05) is 18.0 Å². The van der Waals surface area contributed by atoms with Gasteiger partial charge in [0.2, 0.25) is 10.0 Å². The number of hydrogen-bond acceptors (Lipinski definition) is 4. The molecule has 168 valence electrons. The third-order valence-corrected chi connectivity index (χ3v) is 8.17. The van der Waals surface area contributed by atoms with Crippen molar-refractivity contribution in [2.75, 3.05) is 36.4 Å². The van der Waals surface area contributed by atoms with Gasteiger partial charge >= 0.3 is 0 Å². The molecule has 0 radical (unpaired) electrons. The highest BCUT2D eigenvalue weighted by atomic mass is 35.5. The first-order valence-electron chi connectivity index (χ1n) is 10.9. The molecule has 1 amide bonds. The third kappa shape index (κ3) is 4.76. The Morgan fingerprint density at radius 3 is 2.29 bits per heavy atom. The largest absolute Gasteiger partial charge is 0.370 e. The van der Waals surface area contributed by atoms with E-state index in [4.69, 9.17) is 11.6 Å². The Kier molecular flexibility index (Phi) is 6.60. The molecule has 1 N–H and O–H groups in total. The Morgan fingerprint density at radius 2 is 1.61 bits per heavy atom. The molecule has 2 fully saturated rings. The van der Waals surface area contributed by atoms with Crippen LogP contribution >= 0.6 is 11.6 Å². The van der Waals surface area contributed by atoms with E-state index in [2.05, 4.69) is 10.2 Å². The number of carbonyl (C=O) groups excluding carboxylic acids is 1. The van der Waals surface area contributed by atoms with Crippen molar-refractivity contribution in [3.05, 3.63) is 41.2 Å². The summed E-state index contributed by atoms with van der Waals surface area (Å²) in [5, 5.41) is 3.49. The van der Waals surface area contributed by atoms with Crippen LogP contribution in [0, 0.1) is 0 Å². The van der Waals surface area contributed by atoms with Crippen molar-refractivity contribution in [1.82, 2.24) is 8.87 Å². The summed E-state index contributed by atoms with van der Waals surface area (Å²) in [6.07, 6.45) is 7.75. The van der Waals surface area contributed by atoms with Crippen LogP contribution in [0.15, 0.2) is 35.4 Å². The summed E-state index contributed by atoms with van der Waals surface area (Å²) < 4.78 is 29.1. The van der Waals surface area contributed by atoms with Crippen molar-refractivity contribution < 1.29 is 13.2 Å². The molecule has 0 unspecified atom stereocenters. The summed E-state index contributed by atoms with van der Waals surface area (Å²) in [6.45, 7) is 2.93. The number of carbonyl (C=O) groups is 1. The van der Waals surface area contributed by atoms with Gasteiger partial charge in [-0.05, 0) is 56.4 Å². The Bertz CT molecular complexity index is 1050. The first-order chi connectivity index (χ1) is 14.9. The number of nitrogens with zero attached hydrogens (tertiary/aromatic N) is 3. The summed E-state index contributed by atoms with van der Waals surface area (Å²) in [5.41, 5.74) is 1.87. The molecule has 1 aromatic heterocycles. The summed E-state index contributed by atoms with van der Waals surface area (Å²) in [5.74, 6) is -0.358. The number of piperidine rings is 2. The second-order valence-electron chi connectivity index (χ2n) is 8.30. The maximum absolute atomic E-state index is 13.1. The average molecular weight is 465 g/mol. The van der Waals surface area contributed by atoms with E-state index in [1.54, 1.807) is 17.7 Å². The van der Waals surface area contributed by atoms with Gasteiger partial charge in [-0.15, -0.1) is 0 Å². The van der Waals surface area contributed by atoms with Gasteiger partial charge in [-0.2, -0.15) is 4.31 Å². The summed E-state index contributed by atoms with van der Waals surface area (Å²) in [7, 11) is -1.91. The number of amides is 1. The lowest BCUT2D eigenvalue weighted by Gasteiger charge is -2.30. The second-order valence-corrected chi connectivity index (χ2v) is 10.7. The molecule has 2 aromatic rings. The fraction of sp³-hybridized carbons (Fsp3) is 0.500. The van der Waals surface area contributed by atoms with Crippen LogP contribution in [0.3, 0.4) is 0 Å². The predicted octanol–water partition coefficient (Wildman–Crippen LogP) is 4.10. The number of sulfonamides is 1. The van der Waals surface area contributed by atoms with Crippen LogP contribution in [0.2, 0.25) is 5.02 Å². The van der Waals surface area contributed by atoms with Crippen LogP contribution in [0.5, 0.6) is 0 Å². The first-order valence-corrected chi connectivity index (χ1v) is 12.7. The van der Waals surface area contributed by atoms with Crippen molar-refractivity contribution in [1.29, 1.82) is 0 Å². The number of aromatic nitrogens is 1. The van der Waals surface area contributed by atoms with Crippen LogP contribution in [-0.4, -0.2) is 49.4 Å². The molecule has 0 saturated carbocycles. The van der Waals surface area contributed by atoms with E-state index in [9.17, 15) is 13.2 Å². The molecule has 31 heavy (non-hydrogen) atoms. The summed E-state index contributed by atoms with van der Waals surface area (Å²) >= 11 is 6.21. The topological polar surface area (TPSA) is 74.6 Å². The van der Waals surface area contributed by atoms with Gasteiger partial charge in [0.1, 0.15) is 10.6 Å². The highest BCUT2D eigenvalue weighted by Crippen LogP contribution is 2.32. The van der Waals surface area contributed by atoms with Gasteiger partial charge in [0.15, 0.2) is 0 Å². The maximum atomic E-state index is 13.1. The van der Waals surface area contributed by atoms with Crippen molar-refractivity contribution in [2.24, 2.45) is 7.05 Å². The molecule has 2 saturated heterocycles. The molecule has 7 nitrogen and oxygen atoms in total. The van der Waals surface area contributed by atoms with E-state index >= 15 is 0 Å². The van der Waals surface area contributed by atoms with Crippen molar-refractivity contribution in [3.63, 3.8) is 0 Å². The SMILES string of the molecule is Cn1cc(S(=O)(=O)N2CCCCC2)cc1C(=O)Nc1cc(Cl)ccc1N1CCCCC1.